The predicted molar refractivity (Wildman–Crippen MR) is 59.6 cm³/mol. The van der Waals surface area contributed by atoms with Gasteiger partial charge in [-0.15, -0.1) is 0 Å². The van der Waals surface area contributed by atoms with E-state index in [0.29, 0.717) is 5.02 Å². The summed E-state index contributed by atoms with van der Waals surface area (Å²) in [5.74, 6) is -0.997. The van der Waals surface area contributed by atoms with E-state index in [9.17, 15) is 9.59 Å². The van der Waals surface area contributed by atoms with Gasteiger partial charge in [0.1, 0.15) is 0 Å². The first kappa shape index (κ1) is 15.1. The van der Waals surface area contributed by atoms with Gasteiger partial charge >= 0.3 is 108 Å². The first-order chi connectivity index (χ1) is 6.76. The Morgan fingerprint density at radius 2 is 2.07 bits per heavy atom. The quantitative estimate of drug-likeness (QED) is 0.576. The molecule has 0 aliphatic heterocycles. The van der Waals surface area contributed by atoms with E-state index in [1.165, 1.54) is 0 Å². The van der Waals surface area contributed by atoms with Crippen LogP contribution in [0.2, 0.25) is 5.02 Å². The van der Waals surface area contributed by atoms with E-state index in [-0.39, 0.29) is 0 Å². The van der Waals surface area contributed by atoms with Crippen molar-refractivity contribution in [2.24, 2.45) is 0 Å². The molecule has 0 radical (unpaired) electrons. The van der Waals surface area contributed by atoms with Crippen LogP contribution in [0.3, 0.4) is 0 Å². The Bertz CT molecular complexity index is 241. The number of carbonyl (C=O) groups is 2. The third-order valence-electron chi connectivity index (χ3n) is 1.39. The van der Waals surface area contributed by atoms with Gasteiger partial charge in [-0.3, -0.25) is 0 Å². The van der Waals surface area contributed by atoms with E-state index in [2.05, 4.69) is 25.1 Å². The third kappa shape index (κ3) is 7.96. The topological polar surface area (TPSA) is 75.6 Å². The summed E-state index contributed by atoms with van der Waals surface area (Å²) in [6, 6.07) is -0.795. The number of halogens is 1. The fourth-order valence-electron chi connectivity index (χ4n) is 0.816. The van der Waals surface area contributed by atoms with Crippen molar-refractivity contribution in [1.29, 1.82) is 0 Å². The number of amides is 1. The van der Waals surface area contributed by atoms with Crippen LogP contribution in [0.15, 0.2) is 0 Å². The molecule has 84 valence electrons. The molecule has 0 saturated heterocycles. The van der Waals surface area contributed by atoms with Crippen molar-refractivity contribution in [1.82, 2.24) is 5.32 Å². The molecule has 2 N–H and O–H groups in total. The molecular weight excluding hydrogens is 366 g/mol. The molecule has 0 spiro atoms. The molecule has 0 aromatic rings. The van der Waals surface area contributed by atoms with Gasteiger partial charge in [-0.1, -0.05) is 0 Å². The number of ether oxygens (including phenoxy) is 1. The molecule has 0 aromatic carbocycles. The summed E-state index contributed by atoms with van der Waals surface area (Å²) < 4.78 is 4.97. The van der Waals surface area contributed by atoms with Crippen molar-refractivity contribution < 1.29 is 33.0 Å². The van der Waals surface area contributed by atoms with E-state index in [1.807, 2.05) is 0 Å². The molecule has 0 saturated carbocycles. The molecule has 0 fully saturated rings. The summed E-state index contributed by atoms with van der Waals surface area (Å²) >= 11 is 1.42. The summed E-state index contributed by atoms with van der Waals surface area (Å²) in [7, 11) is 0. The van der Waals surface area contributed by atoms with E-state index in [0.717, 1.165) is 0 Å². The second kappa shape index (κ2) is 6.63. The normalized spacial score (nSPS) is 12.5. The van der Waals surface area contributed by atoms with Crippen molar-refractivity contribution in [2.75, 3.05) is 0 Å². The van der Waals surface area contributed by atoms with E-state index >= 15 is 0 Å². The molecule has 0 aromatic heterocycles. The Hall–Kier alpha value is 0.0934. The number of carbonyl (C=O) groups excluding carboxylic acids is 1. The van der Waals surface area contributed by atoms with Gasteiger partial charge in [0, 0.05) is 0 Å². The van der Waals surface area contributed by atoms with Crippen molar-refractivity contribution in [3.63, 3.8) is 0 Å². The summed E-state index contributed by atoms with van der Waals surface area (Å²) in [6.45, 7) is 5.20. The van der Waals surface area contributed by atoms with Gasteiger partial charge in [-0.2, -0.15) is 0 Å². The number of rotatable bonds is 4. The van der Waals surface area contributed by atoms with Crippen LogP contribution in [0.5, 0.6) is 0 Å². The second-order valence-corrected chi connectivity index (χ2v) is 11.6. The number of nitrogens with one attached hydrogen (secondary N) is 1. The van der Waals surface area contributed by atoms with Gasteiger partial charge in [0.05, 0.1) is 0 Å². The Labute approximate surface area is 107 Å². The van der Waals surface area contributed by atoms with Crippen LogP contribution in [0, 0.1) is 0 Å². The fraction of sp³-hybridized carbons (Fsp3) is 0.750. The molecule has 0 bridgehead atoms. The van der Waals surface area contributed by atoms with Crippen molar-refractivity contribution in [2.45, 2.75) is 37.4 Å². The van der Waals surface area contributed by atoms with Gasteiger partial charge in [-0.25, -0.2) is 0 Å². The van der Waals surface area contributed by atoms with Gasteiger partial charge in [0.2, 0.25) is 0 Å². The van der Waals surface area contributed by atoms with Crippen LogP contribution < -0.4 is 5.32 Å². The van der Waals surface area contributed by atoms with Crippen LogP contribution in [-0.4, -0.2) is 28.8 Å². The molecule has 7 heteroatoms. The first-order valence-electron chi connectivity index (χ1n) is 4.54. The zero-order valence-corrected chi connectivity index (χ0v) is 14.2. The van der Waals surface area contributed by atoms with Crippen LogP contribution in [0.25, 0.3) is 0 Å². The standard InChI is InChI=1S/C8H14NO4.HI.Zn/c1-5(6(10)11)9-7(12)13-8(2,3)4;;/h5H,1H2,2-4H3,(H,9,12)(H,10,11);1H;/q;;+1/p-1/t5-;;/m0../s1. The number of hydrogen-bond acceptors (Lipinski definition) is 3. The molecule has 1 amide bonds. The summed E-state index contributed by atoms with van der Waals surface area (Å²) in [6.07, 6.45) is -0.665. The van der Waals surface area contributed by atoms with Crippen molar-refractivity contribution >= 4 is 31.8 Å². The van der Waals surface area contributed by atoms with Gasteiger partial charge in [0.25, 0.3) is 0 Å². The zero-order valence-electron chi connectivity index (χ0n) is 9.04. The Kier molecular flexibility index (Phi) is 6.67. The maximum absolute atomic E-state index is 11.3. The molecule has 0 unspecified atom stereocenters. The van der Waals surface area contributed by atoms with Crippen LogP contribution in [0.1, 0.15) is 20.8 Å². The second-order valence-electron chi connectivity index (χ2n) is 4.01. The zero-order chi connectivity index (χ0) is 12.1. The molecule has 0 rings (SSSR count). The summed E-state index contributed by atoms with van der Waals surface area (Å²) in [5, 5.41) is 11.7. The summed E-state index contributed by atoms with van der Waals surface area (Å²) in [5.41, 5.74) is -0.598. The van der Waals surface area contributed by atoms with Gasteiger partial charge in [-0.05, 0) is 0 Å². The average molecular weight is 380 g/mol. The number of aliphatic carboxylic acids is 1. The van der Waals surface area contributed by atoms with Crippen LogP contribution in [-0.2, 0) is 23.1 Å². The molecular formula is C8H14INO4Zn. The Morgan fingerprint density at radius 3 is 2.40 bits per heavy atom. The van der Waals surface area contributed by atoms with Crippen molar-refractivity contribution in [3.05, 3.63) is 0 Å². The minimum atomic E-state index is -0.997. The van der Waals surface area contributed by atoms with E-state index in [1.54, 1.807) is 20.8 Å². The molecule has 15 heavy (non-hydrogen) atoms. The number of alkyl carbamates (subject to hydrolysis) is 1. The SMILES string of the molecule is CC(C)(C)OC(=O)N[C@@H]([CH2][Zn][I])C(=O)O. The predicted octanol–water partition coefficient (Wildman–Crippen LogP) is 1.82. The monoisotopic (exact) mass is 379 g/mol. The Balaban J connectivity index is 4.18. The number of hydrogen-bond donors (Lipinski definition) is 2. The fourth-order valence-corrected chi connectivity index (χ4v) is 5.33. The molecule has 0 aliphatic rings. The number of carboxylic acids is 1. The average Bonchev–Trinajstić information content (AvgIpc) is 1.99. The Morgan fingerprint density at radius 1 is 1.53 bits per heavy atom. The van der Waals surface area contributed by atoms with Gasteiger partial charge < -0.3 is 0 Å². The number of carboxylic acid groups (broad SMARTS) is 1. The van der Waals surface area contributed by atoms with Gasteiger partial charge in [0.15, 0.2) is 0 Å². The first-order valence-corrected chi connectivity index (χ1v) is 15.7. The molecule has 1 atom stereocenters. The van der Waals surface area contributed by atoms with Crippen LogP contribution >= 0.6 is 19.8 Å². The molecule has 0 aliphatic carbocycles. The summed E-state index contributed by atoms with van der Waals surface area (Å²) in [4.78, 5) is 22.0. The molecule has 5 nitrogen and oxygen atoms in total. The van der Waals surface area contributed by atoms with Crippen LogP contribution in [0.4, 0.5) is 4.79 Å². The van der Waals surface area contributed by atoms with Crippen molar-refractivity contribution in [3.8, 4) is 0 Å². The van der Waals surface area contributed by atoms with E-state index in [4.69, 9.17) is 9.84 Å². The van der Waals surface area contributed by atoms with E-state index < -0.39 is 37.3 Å². The third-order valence-corrected chi connectivity index (χ3v) is 6.29. The maximum atomic E-state index is 11.3. The minimum absolute atomic E-state index is 0.572. The molecule has 0 heterocycles.